The Morgan fingerprint density at radius 2 is 1.93 bits per heavy atom. The van der Waals surface area contributed by atoms with Crippen LogP contribution in [0.3, 0.4) is 0 Å². The van der Waals surface area contributed by atoms with Crippen LogP contribution in [0.4, 0.5) is 0 Å². The molecule has 1 rings (SSSR count). The van der Waals surface area contributed by atoms with Crippen molar-refractivity contribution in [2.75, 3.05) is 7.11 Å². The van der Waals surface area contributed by atoms with E-state index in [1.165, 1.54) is 19.2 Å². The molecule has 4 heteroatoms. The van der Waals surface area contributed by atoms with Gasteiger partial charge >= 0.3 is 5.97 Å². The van der Waals surface area contributed by atoms with Crippen LogP contribution in [-0.4, -0.2) is 24.0 Å². The Balaban J connectivity index is 3.15. The largest absolute Gasteiger partial charge is 0.497 e. The van der Waals surface area contributed by atoms with Crippen molar-refractivity contribution < 1.29 is 19.4 Å². The summed E-state index contributed by atoms with van der Waals surface area (Å²) in [5.74, 6) is -1.90. The van der Waals surface area contributed by atoms with Gasteiger partial charge < -0.3 is 9.84 Å². The summed E-state index contributed by atoms with van der Waals surface area (Å²) in [6, 6.07) is 4.64. The average Bonchev–Trinajstić information content (AvgIpc) is 2.15. The zero-order chi connectivity index (χ0) is 10.7. The Bertz CT molecular complexity index is 382. The molecule has 0 saturated heterocycles. The van der Waals surface area contributed by atoms with Crippen molar-refractivity contribution in [2.24, 2.45) is 0 Å². The van der Waals surface area contributed by atoms with Gasteiger partial charge in [-0.25, -0.2) is 4.79 Å². The molecule has 0 radical (unpaired) electrons. The minimum absolute atomic E-state index is 0.134. The summed E-state index contributed by atoms with van der Waals surface area (Å²) in [6.07, 6.45) is 0. The molecule has 4 nitrogen and oxygen atoms in total. The SMILES string of the molecule is COc1cc(C)cc(C(=O)C(=O)O)c1. The van der Waals surface area contributed by atoms with Crippen LogP contribution in [0.25, 0.3) is 0 Å². The van der Waals surface area contributed by atoms with E-state index in [1.54, 1.807) is 13.0 Å². The van der Waals surface area contributed by atoms with E-state index >= 15 is 0 Å². The monoisotopic (exact) mass is 194 g/mol. The molecule has 0 spiro atoms. The topological polar surface area (TPSA) is 63.6 Å². The van der Waals surface area contributed by atoms with Crippen LogP contribution in [-0.2, 0) is 4.79 Å². The van der Waals surface area contributed by atoms with Crippen molar-refractivity contribution in [3.63, 3.8) is 0 Å². The number of benzene rings is 1. The van der Waals surface area contributed by atoms with Crippen LogP contribution < -0.4 is 4.74 Å². The van der Waals surface area contributed by atoms with Gasteiger partial charge in [-0.3, -0.25) is 4.79 Å². The van der Waals surface area contributed by atoms with Gasteiger partial charge in [-0.2, -0.15) is 0 Å². The van der Waals surface area contributed by atoms with Crippen molar-refractivity contribution in [2.45, 2.75) is 6.92 Å². The van der Waals surface area contributed by atoms with Crippen molar-refractivity contribution in [1.29, 1.82) is 0 Å². The van der Waals surface area contributed by atoms with Crippen LogP contribution in [0.15, 0.2) is 18.2 Å². The maximum absolute atomic E-state index is 11.1. The number of hydrogen-bond donors (Lipinski definition) is 1. The van der Waals surface area contributed by atoms with Crippen LogP contribution in [0.1, 0.15) is 15.9 Å². The van der Waals surface area contributed by atoms with Crippen molar-refractivity contribution in [3.8, 4) is 5.75 Å². The first kappa shape index (κ1) is 10.2. The predicted octanol–water partition coefficient (Wildman–Crippen LogP) is 1.27. The van der Waals surface area contributed by atoms with Gasteiger partial charge in [0.2, 0.25) is 0 Å². The Morgan fingerprint density at radius 3 is 2.43 bits per heavy atom. The number of aliphatic carboxylic acids is 1. The highest BCUT2D eigenvalue weighted by Crippen LogP contribution is 2.16. The summed E-state index contributed by atoms with van der Waals surface area (Å²) in [6.45, 7) is 1.77. The smallest absolute Gasteiger partial charge is 0.377 e. The number of carboxylic acids is 1. The molecule has 0 saturated carbocycles. The van der Waals surface area contributed by atoms with Gasteiger partial charge in [0.25, 0.3) is 5.78 Å². The Kier molecular flexibility index (Phi) is 2.86. The lowest BCUT2D eigenvalue weighted by molar-refractivity contribution is -0.131. The first-order valence-corrected chi connectivity index (χ1v) is 3.98. The fraction of sp³-hybridized carbons (Fsp3) is 0.200. The second-order valence-electron chi connectivity index (χ2n) is 2.87. The molecule has 0 bridgehead atoms. The molecule has 0 amide bonds. The van der Waals surface area contributed by atoms with Crippen molar-refractivity contribution in [3.05, 3.63) is 29.3 Å². The Hall–Kier alpha value is -1.84. The molecular weight excluding hydrogens is 184 g/mol. The van der Waals surface area contributed by atoms with Crippen LogP contribution in [0.2, 0.25) is 0 Å². The summed E-state index contributed by atoms with van der Waals surface area (Å²) >= 11 is 0. The molecule has 0 aliphatic carbocycles. The number of carbonyl (C=O) groups excluding carboxylic acids is 1. The molecule has 1 N–H and O–H groups in total. The highest BCUT2D eigenvalue weighted by atomic mass is 16.5. The van der Waals surface area contributed by atoms with Gasteiger partial charge in [0.15, 0.2) is 0 Å². The summed E-state index contributed by atoms with van der Waals surface area (Å²) in [5.41, 5.74) is 0.920. The molecule has 0 fully saturated rings. The van der Waals surface area contributed by atoms with Gasteiger partial charge in [0.05, 0.1) is 7.11 Å². The fourth-order valence-electron chi connectivity index (χ4n) is 1.12. The van der Waals surface area contributed by atoms with E-state index in [1.807, 2.05) is 0 Å². The number of ether oxygens (including phenoxy) is 1. The van der Waals surface area contributed by atoms with Crippen molar-refractivity contribution >= 4 is 11.8 Å². The number of carboxylic acid groups (broad SMARTS) is 1. The average molecular weight is 194 g/mol. The lowest BCUT2D eigenvalue weighted by Crippen LogP contribution is -2.12. The third-order valence-electron chi connectivity index (χ3n) is 1.74. The molecule has 0 aromatic heterocycles. The van der Waals surface area contributed by atoms with E-state index < -0.39 is 11.8 Å². The first-order chi connectivity index (χ1) is 6.54. The summed E-state index contributed by atoms with van der Waals surface area (Å²) in [5, 5.41) is 8.50. The van der Waals surface area contributed by atoms with E-state index in [-0.39, 0.29) is 5.56 Å². The second kappa shape index (κ2) is 3.91. The quantitative estimate of drug-likeness (QED) is 0.581. The van der Waals surface area contributed by atoms with Gasteiger partial charge in [-0.15, -0.1) is 0 Å². The number of rotatable bonds is 3. The summed E-state index contributed by atoms with van der Waals surface area (Å²) < 4.78 is 4.92. The second-order valence-corrected chi connectivity index (χ2v) is 2.87. The number of Topliss-reactive ketones (excluding diaryl/α,β-unsaturated/α-hetero) is 1. The summed E-state index contributed by atoms with van der Waals surface area (Å²) in [4.78, 5) is 21.5. The molecular formula is C10H10O4. The van der Waals surface area contributed by atoms with Gasteiger partial charge in [0.1, 0.15) is 5.75 Å². The maximum Gasteiger partial charge on any atom is 0.377 e. The van der Waals surface area contributed by atoms with Gasteiger partial charge in [-0.1, -0.05) is 0 Å². The number of ketones is 1. The van der Waals surface area contributed by atoms with Crippen LogP contribution >= 0.6 is 0 Å². The molecule has 74 valence electrons. The highest BCUT2D eigenvalue weighted by molar-refractivity contribution is 6.39. The molecule has 14 heavy (non-hydrogen) atoms. The molecule has 0 atom stereocenters. The third kappa shape index (κ3) is 2.10. The Morgan fingerprint density at radius 1 is 1.29 bits per heavy atom. The molecule has 0 aliphatic heterocycles. The summed E-state index contributed by atoms with van der Waals surface area (Å²) in [7, 11) is 1.46. The molecule has 0 unspecified atom stereocenters. The number of methoxy groups -OCH3 is 1. The number of hydrogen-bond acceptors (Lipinski definition) is 3. The lowest BCUT2D eigenvalue weighted by atomic mass is 10.1. The zero-order valence-electron chi connectivity index (χ0n) is 7.90. The third-order valence-corrected chi connectivity index (χ3v) is 1.74. The normalized spacial score (nSPS) is 9.57. The lowest BCUT2D eigenvalue weighted by Gasteiger charge is -2.03. The van der Waals surface area contributed by atoms with E-state index in [0.717, 1.165) is 5.56 Å². The maximum atomic E-state index is 11.1. The zero-order valence-corrected chi connectivity index (χ0v) is 7.90. The van der Waals surface area contributed by atoms with E-state index in [0.29, 0.717) is 5.75 Å². The standard InChI is InChI=1S/C10H10O4/c1-6-3-7(9(11)10(12)13)5-8(4-6)14-2/h3-5H,1-2H3,(H,12,13). The predicted molar refractivity (Wildman–Crippen MR) is 49.7 cm³/mol. The number of aryl methyl sites for hydroxylation is 1. The highest BCUT2D eigenvalue weighted by Gasteiger charge is 2.15. The van der Waals surface area contributed by atoms with Gasteiger partial charge in [-0.05, 0) is 30.7 Å². The molecule has 0 aliphatic rings. The fourth-order valence-corrected chi connectivity index (χ4v) is 1.12. The molecule has 0 heterocycles. The van der Waals surface area contributed by atoms with Crippen molar-refractivity contribution in [1.82, 2.24) is 0 Å². The minimum Gasteiger partial charge on any atom is -0.497 e. The molecule has 1 aromatic rings. The first-order valence-electron chi connectivity index (χ1n) is 3.98. The van der Waals surface area contributed by atoms with E-state index in [2.05, 4.69) is 0 Å². The van der Waals surface area contributed by atoms with Crippen LogP contribution in [0, 0.1) is 6.92 Å². The molecule has 1 aromatic carbocycles. The van der Waals surface area contributed by atoms with Crippen LogP contribution in [0.5, 0.6) is 5.75 Å². The van der Waals surface area contributed by atoms with Gasteiger partial charge in [0, 0.05) is 5.56 Å². The minimum atomic E-state index is -1.46. The van der Waals surface area contributed by atoms with E-state index in [4.69, 9.17) is 9.84 Å². The number of carbonyl (C=O) groups is 2. The van der Waals surface area contributed by atoms with E-state index in [9.17, 15) is 9.59 Å². The Labute approximate surface area is 81.1 Å².